The lowest BCUT2D eigenvalue weighted by atomic mass is 10.00. The van der Waals surface area contributed by atoms with Crippen molar-refractivity contribution >= 4 is 5.91 Å². The van der Waals surface area contributed by atoms with Gasteiger partial charge in [0, 0.05) is 32.4 Å². The molecular weight excluding hydrogens is 314 g/mol. The molecule has 1 amide bonds. The number of carbonyl (C=O) groups excluding carboxylic acids is 1. The number of hydrogen-bond acceptors (Lipinski definition) is 3. The lowest BCUT2D eigenvalue weighted by Gasteiger charge is -2.23. The molecule has 4 heteroatoms. The lowest BCUT2D eigenvalue weighted by Crippen LogP contribution is -2.33. The molecule has 0 bridgehead atoms. The fourth-order valence-electron chi connectivity index (χ4n) is 3.08. The van der Waals surface area contributed by atoms with Crippen LogP contribution in [0, 0.1) is 17.8 Å². The number of likely N-dealkylation sites (tertiary alicyclic amines) is 1. The second-order valence-electron chi connectivity index (χ2n) is 6.95. The third kappa shape index (κ3) is 8.56. The van der Waals surface area contributed by atoms with Crippen molar-refractivity contribution in [3.8, 4) is 11.8 Å². The van der Waals surface area contributed by atoms with Crippen LogP contribution in [-0.2, 0) is 4.79 Å². The number of carbonyl (C=O) groups is 1. The van der Waals surface area contributed by atoms with E-state index in [4.69, 9.17) is 5.11 Å². The van der Waals surface area contributed by atoms with E-state index in [2.05, 4.69) is 11.8 Å². The summed E-state index contributed by atoms with van der Waals surface area (Å²) < 4.78 is 0. The predicted molar refractivity (Wildman–Crippen MR) is 102 cm³/mol. The third-order valence-electron chi connectivity index (χ3n) is 4.77. The van der Waals surface area contributed by atoms with E-state index < -0.39 is 6.10 Å². The van der Waals surface area contributed by atoms with Gasteiger partial charge in [-0.05, 0) is 25.2 Å². The minimum atomic E-state index is -0.512. The van der Waals surface area contributed by atoms with E-state index in [1.165, 1.54) is 0 Å². The molecule has 25 heavy (non-hydrogen) atoms. The Kier molecular flexibility index (Phi) is 11.3. The number of amides is 1. The highest BCUT2D eigenvalue weighted by atomic mass is 16.3. The van der Waals surface area contributed by atoms with Crippen molar-refractivity contribution in [3.05, 3.63) is 12.2 Å². The Morgan fingerprint density at radius 1 is 1.24 bits per heavy atom. The van der Waals surface area contributed by atoms with Crippen molar-refractivity contribution in [2.45, 2.75) is 83.8 Å². The zero-order valence-corrected chi connectivity index (χ0v) is 15.9. The van der Waals surface area contributed by atoms with Crippen LogP contribution >= 0.6 is 0 Å². The quantitative estimate of drug-likeness (QED) is 0.342. The molecule has 0 saturated carbocycles. The molecule has 0 spiro atoms. The molecule has 0 aromatic heterocycles. The molecule has 2 N–H and O–H groups in total. The second-order valence-corrected chi connectivity index (χ2v) is 6.95. The summed E-state index contributed by atoms with van der Waals surface area (Å²) in [5.41, 5.74) is 0. The van der Waals surface area contributed by atoms with Crippen molar-refractivity contribution in [1.82, 2.24) is 4.90 Å². The zero-order valence-electron chi connectivity index (χ0n) is 15.9. The van der Waals surface area contributed by atoms with Gasteiger partial charge in [-0.3, -0.25) is 4.79 Å². The summed E-state index contributed by atoms with van der Waals surface area (Å²) >= 11 is 0. The molecule has 1 aliphatic heterocycles. The largest absolute Gasteiger partial charge is 0.396 e. The van der Waals surface area contributed by atoms with Crippen molar-refractivity contribution in [2.24, 2.45) is 5.92 Å². The van der Waals surface area contributed by atoms with Crippen molar-refractivity contribution in [3.63, 3.8) is 0 Å². The standard InChI is InChI=1S/C21H35NO3/c1-3-4-8-11-18(2)20(24)14-12-19-13-15-21(25)22(19)16-9-6-5-7-10-17-23/h12,14,18-20,23-24H,3,5-7,9-11,13,15-17H2,1-2H3/b14-12+/t18-,19-,20+/m0/s1. The van der Waals surface area contributed by atoms with Gasteiger partial charge < -0.3 is 15.1 Å². The highest BCUT2D eigenvalue weighted by molar-refractivity contribution is 5.79. The topological polar surface area (TPSA) is 60.8 Å². The van der Waals surface area contributed by atoms with E-state index in [1.54, 1.807) is 0 Å². The zero-order chi connectivity index (χ0) is 18.5. The fraction of sp³-hybridized carbons (Fsp3) is 0.762. The Hall–Kier alpha value is -1.31. The van der Waals surface area contributed by atoms with Crippen LogP contribution < -0.4 is 0 Å². The first kappa shape index (κ1) is 21.7. The normalized spacial score (nSPS) is 19.9. The lowest BCUT2D eigenvalue weighted by molar-refractivity contribution is -0.128. The van der Waals surface area contributed by atoms with Gasteiger partial charge in [0.25, 0.3) is 0 Å². The van der Waals surface area contributed by atoms with Gasteiger partial charge in [0.15, 0.2) is 0 Å². The number of rotatable bonds is 11. The van der Waals surface area contributed by atoms with Crippen LogP contribution in [0.5, 0.6) is 0 Å². The molecule has 142 valence electrons. The molecule has 1 aliphatic rings. The van der Waals surface area contributed by atoms with Crippen LogP contribution in [0.4, 0.5) is 0 Å². The molecule has 0 radical (unpaired) electrons. The minimum absolute atomic E-state index is 0.104. The first-order chi connectivity index (χ1) is 12.1. The number of aliphatic hydroxyl groups is 2. The molecular formula is C21H35NO3. The van der Waals surface area contributed by atoms with E-state index in [1.807, 2.05) is 30.9 Å². The molecule has 0 aromatic carbocycles. The Labute approximate surface area is 153 Å². The maximum atomic E-state index is 12.1. The van der Waals surface area contributed by atoms with E-state index in [-0.39, 0.29) is 24.5 Å². The maximum absolute atomic E-state index is 12.1. The summed E-state index contributed by atoms with van der Waals surface area (Å²) in [5.74, 6) is 6.45. The van der Waals surface area contributed by atoms with Gasteiger partial charge in [-0.1, -0.05) is 45.3 Å². The average Bonchev–Trinajstić information content (AvgIpc) is 2.96. The van der Waals surface area contributed by atoms with Crippen LogP contribution in [0.3, 0.4) is 0 Å². The number of hydrogen-bond donors (Lipinski definition) is 2. The van der Waals surface area contributed by atoms with E-state index in [9.17, 15) is 9.90 Å². The average molecular weight is 350 g/mol. The van der Waals surface area contributed by atoms with Gasteiger partial charge >= 0.3 is 0 Å². The minimum Gasteiger partial charge on any atom is -0.396 e. The van der Waals surface area contributed by atoms with Crippen LogP contribution in [0.1, 0.15) is 71.6 Å². The maximum Gasteiger partial charge on any atom is 0.223 e. The molecule has 1 saturated heterocycles. The van der Waals surface area contributed by atoms with E-state index in [0.29, 0.717) is 12.8 Å². The number of nitrogens with zero attached hydrogens (tertiary/aromatic N) is 1. The first-order valence-electron chi connectivity index (χ1n) is 9.82. The molecule has 1 fully saturated rings. The molecule has 0 aromatic rings. The summed E-state index contributed by atoms with van der Waals surface area (Å²) in [6.07, 6.45) is 11.5. The molecule has 0 aliphatic carbocycles. The SMILES string of the molecule is CCC#CC[C@H](C)[C@H](O)/C=C/[C@H]1CCC(=O)N1CCCCCCCO. The van der Waals surface area contributed by atoms with Gasteiger partial charge in [0.2, 0.25) is 5.91 Å². The Morgan fingerprint density at radius 2 is 1.96 bits per heavy atom. The van der Waals surface area contributed by atoms with Crippen LogP contribution in [0.25, 0.3) is 0 Å². The number of aliphatic hydroxyl groups excluding tert-OH is 2. The molecule has 1 heterocycles. The number of unbranched alkanes of at least 4 members (excludes halogenated alkanes) is 4. The fourth-order valence-corrected chi connectivity index (χ4v) is 3.08. The highest BCUT2D eigenvalue weighted by Crippen LogP contribution is 2.21. The van der Waals surface area contributed by atoms with Crippen molar-refractivity contribution in [2.75, 3.05) is 13.2 Å². The van der Waals surface area contributed by atoms with Gasteiger partial charge in [-0.25, -0.2) is 0 Å². The Bertz CT molecular complexity index is 463. The Balaban J connectivity index is 2.40. The smallest absolute Gasteiger partial charge is 0.223 e. The Morgan fingerprint density at radius 3 is 2.68 bits per heavy atom. The molecule has 4 nitrogen and oxygen atoms in total. The summed E-state index contributed by atoms with van der Waals surface area (Å²) in [5, 5.41) is 19.0. The van der Waals surface area contributed by atoms with Crippen LogP contribution in [-0.4, -0.2) is 46.3 Å². The first-order valence-corrected chi connectivity index (χ1v) is 9.82. The van der Waals surface area contributed by atoms with Gasteiger partial charge in [-0.2, -0.15) is 0 Å². The third-order valence-corrected chi connectivity index (χ3v) is 4.77. The van der Waals surface area contributed by atoms with Crippen LogP contribution in [0.15, 0.2) is 12.2 Å². The second kappa shape index (κ2) is 13.0. The molecule has 1 rings (SSSR count). The van der Waals surface area contributed by atoms with Gasteiger partial charge in [0.1, 0.15) is 0 Å². The van der Waals surface area contributed by atoms with E-state index in [0.717, 1.165) is 51.5 Å². The summed E-state index contributed by atoms with van der Waals surface area (Å²) in [7, 11) is 0. The predicted octanol–water partition coefficient (Wildman–Crippen LogP) is 3.28. The van der Waals surface area contributed by atoms with Crippen molar-refractivity contribution in [1.29, 1.82) is 0 Å². The van der Waals surface area contributed by atoms with E-state index >= 15 is 0 Å². The molecule has 3 atom stereocenters. The summed E-state index contributed by atoms with van der Waals surface area (Å²) in [6.45, 7) is 5.08. The molecule has 0 unspecified atom stereocenters. The van der Waals surface area contributed by atoms with Crippen molar-refractivity contribution < 1.29 is 15.0 Å². The van der Waals surface area contributed by atoms with Gasteiger partial charge in [0.05, 0.1) is 12.1 Å². The highest BCUT2D eigenvalue weighted by Gasteiger charge is 2.28. The summed E-state index contributed by atoms with van der Waals surface area (Å²) in [6, 6.07) is 0.119. The monoisotopic (exact) mass is 349 g/mol. The van der Waals surface area contributed by atoms with Crippen LogP contribution in [0.2, 0.25) is 0 Å². The summed E-state index contributed by atoms with van der Waals surface area (Å²) in [4.78, 5) is 14.0. The van der Waals surface area contributed by atoms with Gasteiger partial charge in [-0.15, -0.1) is 11.8 Å².